The van der Waals surface area contributed by atoms with E-state index < -0.39 is 17.9 Å². The molecule has 178 valence electrons. The second-order valence-electron chi connectivity index (χ2n) is 10.3. The normalized spacial score (nSPS) is 27.7. The van der Waals surface area contributed by atoms with Crippen molar-refractivity contribution >= 4 is 11.8 Å². The standard InChI is InChI=1S/C26H30N4O4/c31-14-19-21-13-29-20(9-8-18(26(29)34)17-5-2-10-27-12-17)23(30(21)25(33)16-3-1-4-16)22(19)24(32)28-11-15-6-7-15/h2,5,8-10,12,15-16,19,21-23,31H,1,3-4,6-7,11,13-14H2,(H,28,32)/t19-,21-,22+,23+/m0/s1. The number of hydrogen-bond acceptors (Lipinski definition) is 5. The monoisotopic (exact) mass is 462 g/mol. The zero-order chi connectivity index (χ0) is 23.4. The predicted octanol–water partition coefficient (Wildman–Crippen LogP) is 1.73. The molecule has 0 unspecified atom stereocenters. The van der Waals surface area contributed by atoms with Crippen molar-refractivity contribution < 1.29 is 14.7 Å². The summed E-state index contributed by atoms with van der Waals surface area (Å²) in [5.41, 5.74) is 1.82. The number of fused-ring (bicyclic) bond motifs is 4. The molecule has 2 aromatic heterocycles. The van der Waals surface area contributed by atoms with Crippen molar-refractivity contribution in [2.75, 3.05) is 13.2 Å². The highest BCUT2D eigenvalue weighted by atomic mass is 16.3. The lowest BCUT2D eigenvalue weighted by Crippen LogP contribution is -2.51. The molecule has 2 amide bonds. The number of amides is 2. The van der Waals surface area contributed by atoms with Gasteiger partial charge in [-0.15, -0.1) is 0 Å². The van der Waals surface area contributed by atoms with Gasteiger partial charge in [-0.2, -0.15) is 0 Å². The first kappa shape index (κ1) is 21.5. The summed E-state index contributed by atoms with van der Waals surface area (Å²) in [5, 5.41) is 13.5. The van der Waals surface area contributed by atoms with E-state index in [0.29, 0.717) is 23.7 Å². The average molecular weight is 463 g/mol. The maximum atomic E-state index is 13.6. The van der Waals surface area contributed by atoms with Crippen LogP contribution in [-0.4, -0.2) is 50.6 Å². The van der Waals surface area contributed by atoms with Crippen LogP contribution in [0.2, 0.25) is 0 Å². The van der Waals surface area contributed by atoms with Gasteiger partial charge >= 0.3 is 0 Å². The van der Waals surface area contributed by atoms with Gasteiger partial charge in [0.05, 0.1) is 18.0 Å². The second kappa shape index (κ2) is 8.34. The van der Waals surface area contributed by atoms with Crippen LogP contribution in [0.3, 0.4) is 0 Å². The molecule has 2 aliphatic carbocycles. The van der Waals surface area contributed by atoms with Gasteiger partial charge in [0.25, 0.3) is 5.56 Å². The molecule has 0 spiro atoms. The van der Waals surface area contributed by atoms with Crippen molar-refractivity contribution in [2.24, 2.45) is 23.7 Å². The van der Waals surface area contributed by atoms with Gasteiger partial charge in [0, 0.05) is 60.7 Å². The first-order valence-corrected chi connectivity index (χ1v) is 12.4. The summed E-state index contributed by atoms with van der Waals surface area (Å²) in [5.74, 6) is -0.536. The van der Waals surface area contributed by atoms with Crippen molar-refractivity contribution in [1.82, 2.24) is 19.8 Å². The maximum Gasteiger partial charge on any atom is 0.258 e. The van der Waals surface area contributed by atoms with E-state index in [2.05, 4.69) is 10.3 Å². The molecule has 8 heteroatoms. The molecule has 4 aliphatic rings. The lowest BCUT2D eigenvalue weighted by molar-refractivity contribution is -0.143. The first-order valence-electron chi connectivity index (χ1n) is 12.4. The number of nitrogens with one attached hydrogen (secondary N) is 1. The Hall–Kier alpha value is -3.00. The van der Waals surface area contributed by atoms with Crippen molar-refractivity contribution in [3.05, 3.63) is 52.7 Å². The molecule has 3 fully saturated rings. The molecular formula is C26H30N4O4. The van der Waals surface area contributed by atoms with Crippen molar-refractivity contribution in [2.45, 2.75) is 50.7 Å². The number of carbonyl (C=O) groups is 2. The number of aliphatic hydroxyl groups excluding tert-OH is 1. The number of aliphatic hydroxyl groups is 1. The van der Waals surface area contributed by atoms with Crippen LogP contribution in [0.1, 0.15) is 43.8 Å². The second-order valence-corrected chi connectivity index (χ2v) is 10.3. The fourth-order valence-electron chi connectivity index (χ4n) is 6.00. The Balaban J connectivity index is 1.43. The van der Waals surface area contributed by atoms with Gasteiger partial charge in [-0.3, -0.25) is 19.4 Å². The Bertz CT molecular complexity index is 1170. The third kappa shape index (κ3) is 3.38. The summed E-state index contributed by atoms with van der Waals surface area (Å²) in [6, 6.07) is 6.39. The summed E-state index contributed by atoms with van der Waals surface area (Å²) < 4.78 is 1.72. The Kier molecular flexibility index (Phi) is 5.28. The lowest BCUT2D eigenvalue weighted by atomic mass is 9.83. The number of nitrogens with zero attached hydrogens (tertiary/aromatic N) is 3. The smallest absolute Gasteiger partial charge is 0.258 e. The van der Waals surface area contributed by atoms with Gasteiger partial charge in [-0.05, 0) is 49.8 Å². The minimum Gasteiger partial charge on any atom is -0.396 e. The Morgan fingerprint density at radius 3 is 2.62 bits per heavy atom. The van der Waals surface area contributed by atoms with E-state index in [1.165, 1.54) is 0 Å². The SMILES string of the molecule is O=C(NCC1CC1)[C@@H]1[C@@H](CO)[C@@H]2Cn3c(ccc(-c4cccnc4)c3=O)[C@H]1N2C(=O)C1CCC1. The average Bonchev–Trinajstić information content (AvgIpc) is 3.61. The van der Waals surface area contributed by atoms with Gasteiger partial charge in [-0.1, -0.05) is 12.5 Å². The van der Waals surface area contributed by atoms with E-state index in [1.54, 1.807) is 29.1 Å². The van der Waals surface area contributed by atoms with Crippen LogP contribution in [-0.2, 0) is 16.1 Å². The molecule has 2 aromatic rings. The molecule has 2 bridgehead atoms. The first-order chi connectivity index (χ1) is 16.6. The molecule has 2 saturated carbocycles. The van der Waals surface area contributed by atoms with Crippen LogP contribution >= 0.6 is 0 Å². The third-order valence-electron chi connectivity index (χ3n) is 8.29. The number of carbonyl (C=O) groups excluding carboxylic acids is 2. The Morgan fingerprint density at radius 2 is 1.97 bits per heavy atom. The van der Waals surface area contributed by atoms with E-state index in [0.717, 1.165) is 37.7 Å². The molecule has 0 aromatic carbocycles. The molecule has 34 heavy (non-hydrogen) atoms. The maximum absolute atomic E-state index is 13.6. The van der Waals surface area contributed by atoms with Gasteiger partial charge < -0.3 is 19.9 Å². The summed E-state index contributed by atoms with van der Waals surface area (Å²) in [4.78, 5) is 46.6. The molecule has 6 rings (SSSR count). The zero-order valence-electron chi connectivity index (χ0n) is 19.1. The largest absolute Gasteiger partial charge is 0.396 e. The number of hydrogen-bond donors (Lipinski definition) is 2. The van der Waals surface area contributed by atoms with E-state index in [4.69, 9.17) is 0 Å². The van der Waals surface area contributed by atoms with E-state index in [-0.39, 0.29) is 42.5 Å². The molecule has 1 saturated heterocycles. The van der Waals surface area contributed by atoms with Crippen molar-refractivity contribution in [1.29, 1.82) is 0 Å². The molecule has 4 heterocycles. The Labute approximate surface area is 198 Å². The summed E-state index contributed by atoms with van der Waals surface area (Å²) >= 11 is 0. The predicted molar refractivity (Wildman–Crippen MR) is 124 cm³/mol. The highest BCUT2D eigenvalue weighted by molar-refractivity contribution is 5.85. The lowest BCUT2D eigenvalue weighted by Gasteiger charge is -2.41. The minimum absolute atomic E-state index is 0.0226. The van der Waals surface area contributed by atoms with Crippen molar-refractivity contribution in [3.8, 4) is 11.1 Å². The summed E-state index contributed by atoms with van der Waals surface area (Å²) in [6.07, 6.45) is 8.36. The van der Waals surface area contributed by atoms with Crippen LogP contribution in [0.15, 0.2) is 41.5 Å². The molecule has 4 atom stereocenters. The van der Waals surface area contributed by atoms with Crippen LogP contribution in [0.5, 0.6) is 0 Å². The van der Waals surface area contributed by atoms with Gasteiger partial charge in [0.1, 0.15) is 0 Å². The quantitative estimate of drug-likeness (QED) is 0.680. The zero-order valence-corrected chi connectivity index (χ0v) is 19.1. The molecule has 0 radical (unpaired) electrons. The van der Waals surface area contributed by atoms with Crippen molar-refractivity contribution in [3.63, 3.8) is 0 Å². The van der Waals surface area contributed by atoms with Gasteiger partial charge in [-0.25, -0.2) is 0 Å². The highest BCUT2D eigenvalue weighted by Crippen LogP contribution is 2.50. The van der Waals surface area contributed by atoms with Gasteiger partial charge in [0.15, 0.2) is 0 Å². The van der Waals surface area contributed by atoms with Crippen LogP contribution < -0.4 is 10.9 Å². The number of pyridine rings is 2. The topological polar surface area (TPSA) is 105 Å². The van der Waals surface area contributed by atoms with E-state index in [9.17, 15) is 19.5 Å². The molecule has 2 aliphatic heterocycles. The highest BCUT2D eigenvalue weighted by Gasteiger charge is 2.58. The van der Waals surface area contributed by atoms with E-state index >= 15 is 0 Å². The minimum atomic E-state index is -0.574. The van der Waals surface area contributed by atoms with Gasteiger partial charge in [0.2, 0.25) is 11.8 Å². The van der Waals surface area contributed by atoms with Crippen LogP contribution in [0.25, 0.3) is 11.1 Å². The summed E-state index contributed by atoms with van der Waals surface area (Å²) in [7, 11) is 0. The molecule has 8 nitrogen and oxygen atoms in total. The fourth-order valence-corrected chi connectivity index (χ4v) is 6.00. The fraction of sp³-hybridized carbons (Fsp3) is 0.538. The van der Waals surface area contributed by atoms with E-state index in [1.807, 2.05) is 17.0 Å². The molecule has 2 N–H and O–H groups in total. The number of rotatable bonds is 6. The third-order valence-corrected chi connectivity index (χ3v) is 8.29. The number of aromatic nitrogens is 2. The van der Waals surface area contributed by atoms with Crippen LogP contribution in [0, 0.1) is 23.7 Å². The molecular weight excluding hydrogens is 432 g/mol. The Morgan fingerprint density at radius 1 is 1.15 bits per heavy atom. The summed E-state index contributed by atoms with van der Waals surface area (Å²) in [6.45, 7) is 0.721. The van der Waals surface area contributed by atoms with Crippen LogP contribution in [0.4, 0.5) is 0 Å².